The van der Waals surface area contributed by atoms with Crippen LogP contribution in [0, 0.1) is 58.7 Å². The maximum absolute atomic E-state index is 13.4. The summed E-state index contributed by atoms with van der Waals surface area (Å²) in [6, 6.07) is 1.39. The predicted octanol–water partition coefficient (Wildman–Crippen LogP) is 5.85. The molecule has 16 unspecified atom stereocenters. The molecule has 9 aliphatic heterocycles. The highest BCUT2D eigenvalue weighted by Gasteiger charge is 2.85. The summed E-state index contributed by atoms with van der Waals surface area (Å²) in [6.45, 7) is 14.0. The number of hydrogen-bond donors (Lipinski definition) is 4. The van der Waals surface area contributed by atoms with E-state index in [4.69, 9.17) is 19.3 Å². The summed E-state index contributed by atoms with van der Waals surface area (Å²) in [5.74, 6) is -9.00. The third-order valence-corrected chi connectivity index (χ3v) is 17.6. The fourth-order valence-corrected chi connectivity index (χ4v) is 13.4. The number of carbonyl (C=O) groups is 10. The van der Waals surface area contributed by atoms with Crippen LogP contribution < -0.4 is 0 Å². The highest BCUT2D eigenvalue weighted by atomic mass is 16.6. The molecule has 10 heterocycles. The number of furan rings is 1. The van der Waals surface area contributed by atoms with Gasteiger partial charge in [0.15, 0.2) is 0 Å². The minimum absolute atomic E-state index is 0.122. The Kier molecular flexibility index (Phi) is 18.8. The number of unbranched alkanes of at least 4 members (excludes halogenated alkanes) is 3. The number of imide groups is 3. The van der Waals surface area contributed by atoms with Gasteiger partial charge in [0.1, 0.15) is 17.8 Å². The molecule has 422 valence electrons. The molecule has 7 saturated heterocycles. The topological polar surface area (TPSA) is 302 Å². The van der Waals surface area contributed by atoms with E-state index < -0.39 is 101 Å². The van der Waals surface area contributed by atoms with Crippen molar-refractivity contribution in [3.8, 4) is 0 Å². The molecular weight excluding hydrogens is 1000 g/mol. The number of fused-ring (bicyclic) bond motifs is 17. The van der Waals surface area contributed by atoms with E-state index >= 15 is 0 Å². The van der Waals surface area contributed by atoms with Gasteiger partial charge < -0.3 is 39.1 Å². The van der Waals surface area contributed by atoms with Gasteiger partial charge in [-0.05, 0) is 55.6 Å². The molecule has 0 spiro atoms. The summed E-state index contributed by atoms with van der Waals surface area (Å²) in [5.41, 5.74) is -1.28. The molecule has 7 fully saturated rings. The lowest BCUT2D eigenvalue weighted by atomic mass is 9.53. The SMILES string of the molecule is CCCCC(CC)CN1C(=O)C2C3C=C(C(=O)O)C(O3)C2C1=O.CCCCC(CC)CN1C(=O)C2C3OC(C2C1=O)C1(C(=O)O)C2OC(CC2C(=O)O)C31.CCCCC(CC)CN1C(=O)C=CC1=O.O=C(O)c1ccoc1. The molecule has 6 amide bonds. The Balaban J connectivity index is 0.000000164. The molecule has 1 aromatic rings. The number of carboxylic acid groups (broad SMARTS) is 4. The van der Waals surface area contributed by atoms with E-state index in [1.54, 1.807) is 0 Å². The summed E-state index contributed by atoms with van der Waals surface area (Å²) in [6.07, 6.45) is 14.6. The van der Waals surface area contributed by atoms with Crippen molar-refractivity contribution in [2.75, 3.05) is 19.6 Å². The first-order valence-electron chi connectivity index (χ1n) is 27.6. The number of amides is 6. The lowest BCUT2D eigenvalue weighted by molar-refractivity contribution is -0.168. The molecule has 0 aromatic carbocycles. The smallest absolute Gasteiger partial charge is 0.338 e. The van der Waals surface area contributed by atoms with Crippen molar-refractivity contribution in [3.63, 3.8) is 0 Å². The second kappa shape index (κ2) is 24.7. The Labute approximate surface area is 447 Å². The van der Waals surface area contributed by atoms with Crippen LogP contribution in [0.5, 0.6) is 0 Å². The van der Waals surface area contributed by atoms with Gasteiger partial charge >= 0.3 is 23.9 Å². The van der Waals surface area contributed by atoms with Crippen LogP contribution in [0.15, 0.2) is 46.8 Å². The predicted molar refractivity (Wildman–Crippen MR) is 270 cm³/mol. The first-order valence-corrected chi connectivity index (χ1v) is 27.6. The monoisotopic (exact) mass is 1080 g/mol. The standard InChI is InChI=1S/C22H29NO8.C17H23NO5.C12H19NO2.C5H4O3/c1-3-5-6-9(4-2)8-23-18(24)12-13(19(23)25)17-22(21(28)29)14(15(12)31-17)11-7-10(20(26)27)16(22)30-11;1-3-5-6-9(4-2)8-18-15(19)12-11-7-10(17(21)22)14(23-11)13(12)16(18)20;1-3-5-6-10(4-2)9-13-11(14)7-8-12(13)15;6-5(7)4-1-2-8-3-4/h9-17H,3-8H2,1-2H3,(H,26,27)(H,28,29);7,9,11-14H,3-6,8H2,1-2H3,(H,21,22);7-8,10H,3-6,9H2,1-2H3;1-3H,(H,6,7). The van der Waals surface area contributed by atoms with Crippen molar-refractivity contribution in [2.24, 2.45) is 58.7 Å². The number of aliphatic carboxylic acids is 3. The van der Waals surface area contributed by atoms with Crippen LogP contribution in [0.25, 0.3) is 0 Å². The van der Waals surface area contributed by atoms with Gasteiger partial charge in [-0.15, -0.1) is 0 Å². The quantitative estimate of drug-likeness (QED) is 0.0991. The molecule has 77 heavy (non-hydrogen) atoms. The molecule has 21 nitrogen and oxygen atoms in total. The number of nitrogens with zero attached hydrogens (tertiary/aromatic N) is 3. The van der Waals surface area contributed by atoms with Gasteiger partial charge in [-0.2, -0.15) is 0 Å². The number of hydrogen-bond acceptors (Lipinski definition) is 14. The van der Waals surface area contributed by atoms with Gasteiger partial charge in [0.05, 0.1) is 77.5 Å². The Morgan fingerprint density at radius 3 is 1.57 bits per heavy atom. The van der Waals surface area contributed by atoms with Gasteiger partial charge in [0.2, 0.25) is 23.6 Å². The van der Waals surface area contributed by atoms with Gasteiger partial charge in [0.25, 0.3) is 11.8 Å². The van der Waals surface area contributed by atoms with E-state index in [1.807, 2.05) is 6.92 Å². The average molecular weight is 1080 g/mol. The number of likely N-dealkylation sites (tertiary alicyclic amines) is 2. The lowest BCUT2D eigenvalue weighted by Crippen LogP contribution is -2.61. The third-order valence-electron chi connectivity index (χ3n) is 17.6. The van der Waals surface area contributed by atoms with E-state index in [9.17, 15) is 63.3 Å². The van der Waals surface area contributed by atoms with Crippen molar-refractivity contribution >= 4 is 59.3 Å². The fraction of sp³-hybridized carbons (Fsp3) is 0.679. The van der Waals surface area contributed by atoms with Crippen molar-refractivity contribution < 1.29 is 87.0 Å². The van der Waals surface area contributed by atoms with Gasteiger partial charge in [-0.25, -0.2) is 9.59 Å². The first-order chi connectivity index (χ1) is 36.8. The van der Waals surface area contributed by atoms with Crippen molar-refractivity contribution in [1.29, 1.82) is 0 Å². The van der Waals surface area contributed by atoms with E-state index in [2.05, 4.69) is 39.0 Å². The molecular formula is C56H75N3O18. The zero-order chi connectivity index (χ0) is 56.2. The first kappa shape index (κ1) is 58.6. The third kappa shape index (κ3) is 10.9. The van der Waals surface area contributed by atoms with E-state index in [1.165, 1.54) is 57.9 Å². The lowest BCUT2D eigenvalue weighted by Gasteiger charge is -2.42. The van der Waals surface area contributed by atoms with Crippen LogP contribution >= 0.6 is 0 Å². The summed E-state index contributed by atoms with van der Waals surface area (Å²) >= 11 is 0. The van der Waals surface area contributed by atoms with Gasteiger partial charge in [-0.3, -0.25) is 53.1 Å². The molecule has 9 aliphatic rings. The minimum Gasteiger partial charge on any atom is -0.481 e. The van der Waals surface area contributed by atoms with Crippen LogP contribution in [-0.4, -0.2) is 151 Å². The summed E-state index contributed by atoms with van der Waals surface area (Å²) in [5, 5.41) is 37.3. The van der Waals surface area contributed by atoms with Crippen LogP contribution in [0.2, 0.25) is 0 Å². The van der Waals surface area contributed by atoms with Crippen molar-refractivity contribution in [1.82, 2.24) is 14.7 Å². The summed E-state index contributed by atoms with van der Waals surface area (Å²) in [4.78, 5) is 124. The molecule has 21 heteroatoms. The Bertz CT molecular complexity index is 2470. The number of carboxylic acids is 4. The van der Waals surface area contributed by atoms with Crippen molar-refractivity contribution in [2.45, 2.75) is 162 Å². The van der Waals surface area contributed by atoms with Crippen LogP contribution in [0.1, 0.15) is 135 Å². The normalized spacial score (nSPS) is 32.5. The minimum atomic E-state index is -1.59. The highest BCUT2D eigenvalue weighted by Crippen LogP contribution is 2.69. The van der Waals surface area contributed by atoms with E-state index in [0.29, 0.717) is 31.5 Å². The van der Waals surface area contributed by atoms with Gasteiger partial charge in [0, 0.05) is 37.7 Å². The molecule has 16 atom stereocenters. The Morgan fingerprint density at radius 2 is 1.13 bits per heavy atom. The van der Waals surface area contributed by atoms with E-state index in [0.717, 1.165) is 70.6 Å². The number of aromatic carboxylic acids is 1. The second-order valence-corrected chi connectivity index (χ2v) is 21.9. The van der Waals surface area contributed by atoms with Crippen molar-refractivity contribution in [3.05, 3.63) is 48.0 Å². The van der Waals surface area contributed by atoms with Gasteiger partial charge in [-0.1, -0.05) is 99.3 Å². The van der Waals surface area contributed by atoms with E-state index in [-0.39, 0.29) is 58.9 Å². The molecule has 0 saturated carbocycles. The molecule has 10 rings (SSSR count). The van der Waals surface area contributed by atoms with Crippen LogP contribution in [-0.2, 0) is 57.4 Å². The maximum Gasteiger partial charge on any atom is 0.338 e. The molecule has 6 bridgehead atoms. The zero-order valence-electron chi connectivity index (χ0n) is 44.8. The summed E-state index contributed by atoms with van der Waals surface area (Å²) < 4.78 is 22.0. The number of rotatable bonds is 22. The summed E-state index contributed by atoms with van der Waals surface area (Å²) in [7, 11) is 0. The highest BCUT2D eigenvalue weighted by molar-refractivity contribution is 6.13. The maximum atomic E-state index is 13.4. The second-order valence-electron chi connectivity index (χ2n) is 21.9. The molecule has 4 N–H and O–H groups in total. The van der Waals surface area contributed by atoms with Crippen LogP contribution in [0.3, 0.4) is 0 Å². The van der Waals surface area contributed by atoms with Crippen LogP contribution in [0.4, 0.5) is 0 Å². The number of carbonyl (C=O) groups excluding carboxylic acids is 6. The molecule has 0 radical (unpaired) electrons. The Hall–Kier alpha value is -6.06. The largest absolute Gasteiger partial charge is 0.481 e. The molecule has 1 aromatic heterocycles. The zero-order valence-corrected chi connectivity index (χ0v) is 44.8. The Morgan fingerprint density at radius 1 is 0.623 bits per heavy atom. The number of ether oxygens (including phenoxy) is 3. The average Bonchev–Trinajstić information content (AvgIpc) is 4.30. The molecule has 0 aliphatic carbocycles. The fourth-order valence-electron chi connectivity index (χ4n) is 13.4.